The molecule has 0 radical (unpaired) electrons. The van der Waals surface area contributed by atoms with Crippen LogP contribution in [0, 0.1) is 16.6 Å². The van der Waals surface area contributed by atoms with Gasteiger partial charge < -0.3 is 15.4 Å². The summed E-state index contributed by atoms with van der Waals surface area (Å²) in [6.45, 7) is 11.6. The highest BCUT2D eigenvalue weighted by atomic mass is 35.5. The Morgan fingerprint density at radius 1 is 1.09 bits per heavy atom. The third kappa shape index (κ3) is 5.91. The lowest BCUT2D eigenvalue weighted by atomic mass is 9.54. The Kier molecular flexibility index (Phi) is 10.0. The van der Waals surface area contributed by atoms with Crippen molar-refractivity contribution in [1.29, 1.82) is 0 Å². The zero-order chi connectivity index (χ0) is 32.2. The van der Waals surface area contributed by atoms with Crippen LogP contribution in [0.2, 0.25) is 5.15 Å². The summed E-state index contributed by atoms with van der Waals surface area (Å²) in [5, 5.41) is 6.35. The predicted molar refractivity (Wildman–Crippen MR) is 178 cm³/mol. The first-order valence-electron chi connectivity index (χ1n) is 16.0. The number of aromatic nitrogens is 1. The maximum absolute atomic E-state index is 16.2. The summed E-state index contributed by atoms with van der Waals surface area (Å²) in [5.41, 5.74) is 0.862. The summed E-state index contributed by atoms with van der Waals surface area (Å²) in [5.74, 6) is -1.22. The fourth-order valence-corrected chi connectivity index (χ4v) is 8.34. The Morgan fingerprint density at radius 3 is 2.29 bits per heavy atom. The molecule has 1 saturated carbocycles. The van der Waals surface area contributed by atoms with Gasteiger partial charge in [0.15, 0.2) is 11.0 Å². The molecule has 0 bridgehead atoms. The first-order valence-corrected chi connectivity index (χ1v) is 16.4. The number of amides is 1. The smallest absolute Gasteiger partial charge is 0.230 e. The van der Waals surface area contributed by atoms with E-state index in [1.165, 1.54) is 0 Å². The Morgan fingerprint density at radius 2 is 1.71 bits per heavy atom. The van der Waals surface area contributed by atoms with Crippen LogP contribution in [-0.2, 0) is 9.53 Å². The van der Waals surface area contributed by atoms with Crippen LogP contribution in [0.15, 0.2) is 85.7 Å². The van der Waals surface area contributed by atoms with Crippen LogP contribution in [0.3, 0.4) is 0 Å². The van der Waals surface area contributed by atoms with Gasteiger partial charge >= 0.3 is 0 Å². The second-order valence-electron chi connectivity index (χ2n) is 13.2. The van der Waals surface area contributed by atoms with Crippen LogP contribution in [-0.4, -0.2) is 48.1 Å². The number of nitrogens with zero attached hydrogens (tertiary/aromatic N) is 2. The molecule has 2 heterocycles. The molecule has 1 aliphatic heterocycles. The van der Waals surface area contributed by atoms with E-state index < -0.39 is 22.7 Å². The second kappa shape index (κ2) is 13.6. The van der Waals surface area contributed by atoms with Gasteiger partial charge in [0.1, 0.15) is 6.10 Å². The van der Waals surface area contributed by atoms with E-state index in [-0.39, 0.29) is 35.2 Å². The average molecular weight is 633 g/mol. The molecule has 1 aliphatic carbocycles. The summed E-state index contributed by atoms with van der Waals surface area (Å²) in [6, 6.07) is 22.0. The van der Waals surface area contributed by atoms with E-state index in [0.717, 1.165) is 36.8 Å². The number of nitrogens with one attached hydrogen (secondary N) is 2. The highest BCUT2D eigenvalue weighted by molar-refractivity contribution is 6.29. The van der Waals surface area contributed by atoms with Gasteiger partial charge in [-0.25, -0.2) is 9.37 Å². The summed E-state index contributed by atoms with van der Waals surface area (Å²) < 4.78 is 22.6. The van der Waals surface area contributed by atoms with Crippen molar-refractivity contribution in [1.82, 2.24) is 20.5 Å². The van der Waals surface area contributed by atoms with Crippen LogP contribution in [0.4, 0.5) is 4.39 Å². The van der Waals surface area contributed by atoms with Crippen molar-refractivity contribution in [3.05, 3.63) is 113 Å². The van der Waals surface area contributed by atoms with E-state index in [1.54, 1.807) is 25.6 Å². The molecule has 2 aromatic carbocycles. The number of hydrogen-bond acceptors (Lipinski definition) is 5. The van der Waals surface area contributed by atoms with Gasteiger partial charge in [-0.1, -0.05) is 92.7 Å². The third-order valence-electron chi connectivity index (χ3n) is 10.5. The molecule has 3 aromatic rings. The van der Waals surface area contributed by atoms with Gasteiger partial charge in [0, 0.05) is 44.4 Å². The quantitative estimate of drug-likeness (QED) is 0.213. The molecule has 240 valence electrons. The van der Waals surface area contributed by atoms with E-state index >= 15 is 4.39 Å². The third-order valence-corrected chi connectivity index (χ3v) is 10.7. The fraction of sp³-hybridized carbons (Fsp3) is 0.459. The summed E-state index contributed by atoms with van der Waals surface area (Å²) in [7, 11) is 1.75. The molecule has 1 saturated heterocycles. The lowest BCUT2D eigenvalue weighted by molar-refractivity contribution is -0.145. The van der Waals surface area contributed by atoms with Crippen LogP contribution in [0.5, 0.6) is 0 Å². The maximum atomic E-state index is 16.2. The largest absolute Gasteiger partial charge is 0.390 e. The number of benzene rings is 2. The summed E-state index contributed by atoms with van der Waals surface area (Å²) in [6.07, 6.45) is 6.14. The molecule has 1 aromatic heterocycles. The van der Waals surface area contributed by atoms with Crippen molar-refractivity contribution in [2.24, 2.45) is 10.8 Å². The molecule has 2 N–H and O–H groups in total. The molecule has 4 atom stereocenters. The molecule has 1 unspecified atom stereocenters. The molecule has 8 heteroatoms. The van der Waals surface area contributed by atoms with E-state index in [2.05, 4.69) is 65.2 Å². The minimum absolute atomic E-state index is 0.0978. The minimum Gasteiger partial charge on any atom is -0.390 e. The molecule has 5 rings (SSSR count). The van der Waals surface area contributed by atoms with Gasteiger partial charge in [-0.05, 0) is 67.0 Å². The number of rotatable bonds is 11. The number of ether oxygens (including phenoxy) is 1. The standard InChI is InChI=1S/C37H46ClFN4O2/c1-6-40-25-37(34(44)41-7-2)29(28-18-23-42-33(38)30(28)39)24-43(36(37)21-19-35(3,4)20-22-36)31(26-14-10-8-11-15-26)32(45-5)27-16-12-9-13-17-27/h6,8-18,23,29,31-32,40H,1,7,19-22,24-25H2,2-5H3,(H,41,44)/t29-,31-,32+,37?/m1/s1. The molecule has 45 heavy (non-hydrogen) atoms. The number of likely N-dealkylation sites (tertiary alicyclic amines) is 1. The van der Waals surface area contributed by atoms with E-state index in [0.29, 0.717) is 18.7 Å². The first-order chi connectivity index (χ1) is 21.7. The van der Waals surface area contributed by atoms with Crippen molar-refractivity contribution in [3.8, 4) is 0 Å². The van der Waals surface area contributed by atoms with Gasteiger partial charge in [0.05, 0.1) is 11.5 Å². The number of carbonyl (C=O) groups is 1. The number of methoxy groups -OCH3 is 1. The molecular formula is C37H46ClFN4O2. The highest BCUT2D eigenvalue weighted by Gasteiger charge is 2.70. The predicted octanol–water partition coefficient (Wildman–Crippen LogP) is 7.60. The summed E-state index contributed by atoms with van der Waals surface area (Å²) in [4.78, 5) is 21.4. The monoisotopic (exact) mass is 632 g/mol. The number of hydrogen-bond donors (Lipinski definition) is 2. The Labute approximate surface area is 272 Å². The molecule has 6 nitrogen and oxygen atoms in total. The van der Waals surface area contributed by atoms with E-state index in [4.69, 9.17) is 16.3 Å². The molecule has 2 aliphatic rings. The van der Waals surface area contributed by atoms with Crippen molar-refractivity contribution in [2.75, 3.05) is 26.7 Å². The molecule has 1 amide bonds. The van der Waals surface area contributed by atoms with Gasteiger partial charge in [0.2, 0.25) is 5.91 Å². The average Bonchev–Trinajstić information content (AvgIpc) is 3.32. The SMILES string of the molecule is C=CNCC1(C(=O)NCC)[C@@H](c2ccnc(Cl)c2F)CN([C@H](c2ccccc2)[C@@H](OC)c2ccccc2)C12CCC(C)(C)CC2. The zero-order valence-electron chi connectivity index (χ0n) is 26.9. The van der Waals surface area contributed by atoms with Crippen LogP contribution >= 0.6 is 11.6 Å². The van der Waals surface area contributed by atoms with Gasteiger partial charge in [-0.3, -0.25) is 9.69 Å². The fourth-order valence-electron chi connectivity index (χ4n) is 8.17. The number of carbonyl (C=O) groups excluding carboxylic acids is 1. The molecular weight excluding hydrogens is 587 g/mol. The lowest BCUT2D eigenvalue weighted by Crippen LogP contribution is -2.66. The zero-order valence-corrected chi connectivity index (χ0v) is 27.6. The van der Waals surface area contributed by atoms with Crippen LogP contribution in [0.25, 0.3) is 0 Å². The van der Waals surface area contributed by atoms with E-state index in [9.17, 15) is 4.79 Å². The van der Waals surface area contributed by atoms with Crippen LogP contribution < -0.4 is 10.6 Å². The Bertz CT molecular complexity index is 1460. The van der Waals surface area contributed by atoms with Gasteiger partial charge in [-0.2, -0.15) is 0 Å². The Hall–Kier alpha value is -3.26. The topological polar surface area (TPSA) is 66.5 Å². The van der Waals surface area contributed by atoms with Crippen molar-refractivity contribution in [3.63, 3.8) is 0 Å². The normalized spacial score (nSPS) is 23.7. The lowest BCUT2D eigenvalue weighted by Gasteiger charge is -2.57. The van der Waals surface area contributed by atoms with Crippen molar-refractivity contribution in [2.45, 2.75) is 70.1 Å². The van der Waals surface area contributed by atoms with Gasteiger partial charge in [0.25, 0.3) is 0 Å². The van der Waals surface area contributed by atoms with Crippen molar-refractivity contribution < 1.29 is 13.9 Å². The highest BCUT2D eigenvalue weighted by Crippen LogP contribution is 2.64. The van der Waals surface area contributed by atoms with Crippen LogP contribution in [0.1, 0.15) is 81.2 Å². The summed E-state index contributed by atoms with van der Waals surface area (Å²) >= 11 is 6.34. The maximum Gasteiger partial charge on any atom is 0.230 e. The minimum atomic E-state index is -1.08. The number of halogens is 2. The number of pyridine rings is 1. The first kappa shape index (κ1) is 33.1. The second-order valence-corrected chi connectivity index (χ2v) is 13.6. The Balaban J connectivity index is 1.84. The van der Waals surface area contributed by atoms with Crippen molar-refractivity contribution >= 4 is 17.5 Å². The van der Waals surface area contributed by atoms with Gasteiger partial charge in [-0.15, -0.1) is 0 Å². The molecule has 1 spiro atoms. The molecule has 2 fully saturated rings. The van der Waals surface area contributed by atoms with E-state index in [1.807, 2.05) is 43.3 Å².